The number of nitrogens with zero attached hydrogens (tertiary/aromatic N) is 2. The molecule has 0 spiro atoms. The molecule has 20 aromatic carbocycles. The summed E-state index contributed by atoms with van der Waals surface area (Å²) in [5.74, 6) is 0. The quantitative estimate of drug-likeness (QED) is 0.109. The van der Waals surface area contributed by atoms with Crippen LogP contribution in [-0.4, -0.2) is 9.13 Å². The molecule has 0 N–H and O–H groups in total. The van der Waals surface area contributed by atoms with Gasteiger partial charge in [-0.1, -0.05) is 370 Å². The number of aromatic nitrogens is 2. The second-order valence-corrected chi connectivity index (χ2v) is 32.2. The van der Waals surface area contributed by atoms with Crippen molar-refractivity contribution >= 4 is 87.5 Å². The maximum Gasteiger partial charge on any atom is 0.143 e. The molecule has 4 heterocycles. The van der Waals surface area contributed by atoms with E-state index in [9.17, 15) is 0 Å². The first-order valence-corrected chi connectivity index (χ1v) is 42.5. The molecule has 580 valence electrons. The lowest BCUT2D eigenvalue weighted by molar-refractivity contribution is 0.670. The first-order chi connectivity index (χ1) is 61.5. The molecule has 0 aliphatic carbocycles. The SMILES string of the molecule is c1ccc(-c2ccc(-c3cc(-c4ccc5c(c4)c4ccccc4n5-c4cccc(-c5ccccc5)c4)cc(-c4cccc5c4oc4c(-c6ccccc6)cccc45)c3)cc2)cc1.c1ccc(-c2cccc(-c3cc(-c4ccc5c(c4)c4ccccc4n5-c4cccc(-c5ccccc5)c4)cc(-c4cccc5c4oc4c(-c6ccccc6)cccc45)c3)c2)cc1. The zero-order chi connectivity index (χ0) is 82.0. The van der Waals surface area contributed by atoms with Gasteiger partial charge in [-0.15, -0.1) is 0 Å². The highest BCUT2D eigenvalue weighted by atomic mass is 16.3. The van der Waals surface area contributed by atoms with Crippen LogP contribution in [0.4, 0.5) is 0 Å². The fourth-order valence-corrected chi connectivity index (χ4v) is 18.8. The molecule has 0 atom stereocenters. The van der Waals surface area contributed by atoms with Crippen LogP contribution >= 0.6 is 0 Å². The van der Waals surface area contributed by atoms with Crippen molar-refractivity contribution in [3.8, 4) is 145 Å². The van der Waals surface area contributed by atoms with Gasteiger partial charge in [-0.2, -0.15) is 0 Å². The van der Waals surface area contributed by atoms with Gasteiger partial charge in [0.05, 0.1) is 22.1 Å². The van der Waals surface area contributed by atoms with Crippen molar-refractivity contribution < 1.29 is 8.83 Å². The summed E-state index contributed by atoms with van der Waals surface area (Å²) in [6.07, 6.45) is 0. The molecule has 4 heteroatoms. The van der Waals surface area contributed by atoms with Gasteiger partial charge in [-0.3, -0.25) is 0 Å². The fourth-order valence-electron chi connectivity index (χ4n) is 18.8. The minimum Gasteiger partial charge on any atom is -0.455 e. The van der Waals surface area contributed by atoms with Gasteiger partial charge in [0.2, 0.25) is 0 Å². The lowest BCUT2D eigenvalue weighted by Crippen LogP contribution is -1.94. The van der Waals surface area contributed by atoms with Gasteiger partial charge < -0.3 is 18.0 Å². The van der Waals surface area contributed by atoms with Gasteiger partial charge in [-0.25, -0.2) is 0 Å². The standard InChI is InChI=1S/2C60H39NO/c1-4-16-40(17-5-1)43-22-12-23-44(34-43)47-35-48(37-49(36-47)52-28-15-30-55-54-29-14-27-51(59(54)62-60(52)55)42-20-8-3-9-21-42)46-32-33-58-56(39-46)53-26-10-11-31-57(53)61(58)50-25-13-24-45(38-50)41-18-6-2-7-19-41;1-4-15-40(16-5-1)42-29-31-43(32-30-42)47-35-48(37-49(36-47)52-25-14-27-55-54-26-13-24-51(59(54)62-60(52)55)44-19-8-3-9-20-44)46-33-34-58-56(39-46)53-23-10-11-28-57(53)61(58)50-22-12-21-45(38-50)41-17-6-2-7-18-41/h2*1-39H. The van der Waals surface area contributed by atoms with Crippen molar-refractivity contribution in [3.63, 3.8) is 0 Å². The smallest absolute Gasteiger partial charge is 0.143 e. The molecular weight excluding hydrogens is 1500 g/mol. The van der Waals surface area contributed by atoms with Crippen LogP contribution in [0.1, 0.15) is 0 Å². The highest BCUT2D eigenvalue weighted by molar-refractivity contribution is 6.17. The van der Waals surface area contributed by atoms with Crippen molar-refractivity contribution in [2.24, 2.45) is 0 Å². The number of hydrogen-bond donors (Lipinski definition) is 0. The van der Waals surface area contributed by atoms with Gasteiger partial charge in [0.15, 0.2) is 0 Å². The van der Waals surface area contributed by atoms with Gasteiger partial charge in [0, 0.05) is 76.7 Å². The molecule has 4 aromatic heterocycles. The van der Waals surface area contributed by atoms with E-state index in [1.54, 1.807) is 0 Å². The Morgan fingerprint density at radius 3 is 0.710 bits per heavy atom. The second-order valence-electron chi connectivity index (χ2n) is 32.2. The van der Waals surface area contributed by atoms with Crippen LogP contribution in [0.2, 0.25) is 0 Å². The molecule has 0 aliphatic heterocycles. The summed E-state index contributed by atoms with van der Waals surface area (Å²) in [7, 11) is 0. The molecule has 4 nitrogen and oxygen atoms in total. The van der Waals surface area contributed by atoms with E-state index in [1.807, 2.05) is 0 Å². The third-order valence-corrected chi connectivity index (χ3v) is 24.8. The van der Waals surface area contributed by atoms with Gasteiger partial charge in [0.25, 0.3) is 0 Å². The average molecular weight is 1580 g/mol. The van der Waals surface area contributed by atoms with E-state index in [0.717, 1.165) is 144 Å². The summed E-state index contributed by atoms with van der Waals surface area (Å²) < 4.78 is 18.8. The molecule has 124 heavy (non-hydrogen) atoms. The molecule has 0 bridgehead atoms. The summed E-state index contributed by atoms with van der Waals surface area (Å²) >= 11 is 0. The van der Waals surface area contributed by atoms with Crippen LogP contribution in [0.25, 0.3) is 232 Å². The molecule has 0 radical (unpaired) electrons. The highest BCUT2D eigenvalue weighted by Gasteiger charge is 2.23. The Kier molecular flexibility index (Phi) is 18.2. The summed E-state index contributed by atoms with van der Waals surface area (Å²) in [5.41, 5.74) is 38.2. The maximum absolute atomic E-state index is 6.98. The maximum atomic E-state index is 6.98. The number of para-hydroxylation sites is 6. The number of benzene rings is 20. The van der Waals surface area contributed by atoms with Crippen LogP contribution in [0.5, 0.6) is 0 Å². The minimum atomic E-state index is 0.892. The first-order valence-electron chi connectivity index (χ1n) is 42.5. The van der Waals surface area contributed by atoms with E-state index in [1.165, 1.54) is 88.1 Å². The predicted molar refractivity (Wildman–Crippen MR) is 521 cm³/mol. The third-order valence-electron chi connectivity index (χ3n) is 24.8. The topological polar surface area (TPSA) is 36.1 Å². The molecule has 24 aromatic rings. The third kappa shape index (κ3) is 13.2. The Hall–Kier alpha value is -16.4. The molecule has 0 aliphatic rings. The normalized spacial score (nSPS) is 11.5. The number of rotatable bonds is 14. The second kappa shape index (κ2) is 31.1. The average Bonchev–Trinajstić information content (AvgIpc) is 1.58. The van der Waals surface area contributed by atoms with Gasteiger partial charge in [-0.05, 0) is 214 Å². The monoisotopic (exact) mass is 1580 g/mol. The van der Waals surface area contributed by atoms with Crippen LogP contribution < -0.4 is 0 Å². The Balaban J connectivity index is 0.000000143. The van der Waals surface area contributed by atoms with Gasteiger partial charge >= 0.3 is 0 Å². The summed E-state index contributed by atoms with van der Waals surface area (Å²) in [4.78, 5) is 0. The first kappa shape index (κ1) is 72.8. The van der Waals surface area contributed by atoms with E-state index < -0.39 is 0 Å². The lowest BCUT2D eigenvalue weighted by Gasteiger charge is -2.13. The van der Waals surface area contributed by atoms with E-state index in [0.29, 0.717) is 0 Å². The van der Waals surface area contributed by atoms with Crippen LogP contribution in [0.15, 0.2) is 482 Å². The van der Waals surface area contributed by atoms with Crippen molar-refractivity contribution in [3.05, 3.63) is 473 Å². The van der Waals surface area contributed by atoms with Crippen LogP contribution in [0, 0.1) is 0 Å². The van der Waals surface area contributed by atoms with E-state index in [4.69, 9.17) is 8.83 Å². The number of furan rings is 2. The van der Waals surface area contributed by atoms with Crippen molar-refractivity contribution in [1.82, 2.24) is 9.13 Å². The van der Waals surface area contributed by atoms with Crippen molar-refractivity contribution in [1.29, 1.82) is 0 Å². The minimum absolute atomic E-state index is 0.892. The summed E-state index contributed by atoms with van der Waals surface area (Å²) in [5, 5.41) is 9.34. The van der Waals surface area contributed by atoms with E-state index in [-0.39, 0.29) is 0 Å². The Bertz CT molecular complexity index is 8180. The Morgan fingerprint density at radius 1 is 0.121 bits per heavy atom. The zero-order valence-electron chi connectivity index (χ0n) is 67.7. The molecule has 0 saturated heterocycles. The van der Waals surface area contributed by atoms with Crippen LogP contribution in [0.3, 0.4) is 0 Å². The van der Waals surface area contributed by atoms with Crippen molar-refractivity contribution in [2.45, 2.75) is 0 Å². The largest absolute Gasteiger partial charge is 0.455 e. The summed E-state index contributed by atoms with van der Waals surface area (Å²) in [6, 6.07) is 171. The number of hydrogen-bond acceptors (Lipinski definition) is 2. The Morgan fingerprint density at radius 2 is 0.339 bits per heavy atom. The van der Waals surface area contributed by atoms with Crippen molar-refractivity contribution in [2.75, 3.05) is 0 Å². The zero-order valence-corrected chi connectivity index (χ0v) is 67.7. The molecule has 0 amide bonds. The lowest BCUT2D eigenvalue weighted by atomic mass is 9.91. The molecule has 24 rings (SSSR count). The molecule has 0 fully saturated rings. The number of fused-ring (bicyclic) bond motifs is 12. The van der Waals surface area contributed by atoms with Crippen LogP contribution in [-0.2, 0) is 0 Å². The van der Waals surface area contributed by atoms with E-state index >= 15 is 0 Å². The van der Waals surface area contributed by atoms with E-state index in [2.05, 4.69) is 482 Å². The molecule has 0 unspecified atom stereocenters. The molecule has 0 saturated carbocycles. The predicted octanol–water partition coefficient (Wildman–Crippen LogP) is 33.4. The fraction of sp³-hybridized carbons (Fsp3) is 0. The molecular formula is C120H78N2O2. The Labute approximate surface area is 718 Å². The summed E-state index contributed by atoms with van der Waals surface area (Å²) in [6.45, 7) is 0. The highest BCUT2D eigenvalue weighted by Crippen LogP contribution is 2.47. The van der Waals surface area contributed by atoms with Gasteiger partial charge in [0.1, 0.15) is 22.3 Å².